The Bertz CT molecular complexity index is 701. The van der Waals surface area contributed by atoms with Crippen LogP contribution in [0.5, 0.6) is 0 Å². The van der Waals surface area contributed by atoms with Gasteiger partial charge >= 0.3 is 6.03 Å². The molecule has 2 saturated heterocycles. The van der Waals surface area contributed by atoms with Gasteiger partial charge in [-0.25, -0.2) is 4.79 Å². The molecule has 3 rings (SSSR count). The number of rotatable bonds is 3. The van der Waals surface area contributed by atoms with Crippen LogP contribution >= 0.6 is 0 Å². The maximum absolute atomic E-state index is 12.9. The highest BCUT2D eigenvalue weighted by Gasteiger charge is 2.43. The molecule has 2 heterocycles. The molecule has 3 unspecified atom stereocenters. The van der Waals surface area contributed by atoms with Crippen molar-refractivity contribution in [2.75, 3.05) is 6.54 Å². The van der Waals surface area contributed by atoms with Crippen LogP contribution in [0.4, 0.5) is 4.79 Å². The third kappa shape index (κ3) is 3.11. The summed E-state index contributed by atoms with van der Waals surface area (Å²) in [5.41, 5.74) is 6.13. The van der Waals surface area contributed by atoms with Gasteiger partial charge in [-0.3, -0.25) is 14.9 Å². The molecule has 0 aliphatic carbocycles. The second-order valence-corrected chi connectivity index (χ2v) is 7.03. The van der Waals surface area contributed by atoms with E-state index in [1.165, 1.54) is 0 Å². The number of nitrogens with one attached hydrogen (secondary N) is 2. The highest BCUT2D eigenvalue weighted by Crippen LogP contribution is 2.26. The fourth-order valence-electron chi connectivity index (χ4n) is 3.61. The number of nitrogens with two attached hydrogens (primary N) is 1. The first-order valence-electron chi connectivity index (χ1n) is 8.63. The van der Waals surface area contributed by atoms with Crippen LogP contribution < -0.4 is 16.4 Å². The molecule has 0 radical (unpaired) electrons. The summed E-state index contributed by atoms with van der Waals surface area (Å²) in [5.74, 6) is -0.441. The quantitative estimate of drug-likeness (QED) is 0.714. The third-order valence-electron chi connectivity index (χ3n) is 5.17. The lowest BCUT2D eigenvalue weighted by atomic mass is 9.91. The van der Waals surface area contributed by atoms with Gasteiger partial charge in [-0.1, -0.05) is 12.1 Å². The summed E-state index contributed by atoms with van der Waals surface area (Å²) in [4.78, 5) is 38.1. The second kappa shape index (κ2) is 6.48. The number of benzene rings is 1. The molecule has 0 aromatic heterocycles. The lowest BCUT2D eigenvalue weighted by molar-refractivity contribution is -0.123. The molecule has 2 aliphatic rings. The number of hydrogen-bond acceptors (Lipinski definition) is 4. The molecular formula is C18H24N4O3. The van der Waals surface area contributed by atoms with Crippen molar-refractivity contribution >= 4 is 17.8 Å². The Morgan fingerprint density at radius 3 is 2.52 bits per heavy atom. The summed E-state index contributed by atoms with van der Waals surface area (Å²) in [6, 6.07) is 6.30. The molecule has 7 heteroatoms. The SMILES string of the molecule is CC(N)C1CCCCN1C(=O)c1ccc(C2(C)NC(=O)NC2=O)cc1. The Morgan fingerprint density at radius 1 is 1.28 bits per heavy atom. The van der Waals surface area contributed by atoms with Gasteiger partial charge in [0.25, 0.3) is 11.8 Å². The van der Waals surface area contributed by atoms with Crippen LogP contribution in [0.1, 0.15) is 49.0 Å². The van der Waals surface area contributed by atoms with E-state index in [-0.39, 0.29) is 18.0 Å². The second-order valence-electron chi connectivity index (χ2n) is 7.03. The van der Waals surface area contributed by atoms with Crippen molar-refractivity contribution in [3.63, 3.8) is 0 Å². The number of amides is 4. The highest BCUT2D eigenvalue weighted by molar-refractivity contribution is 6.07. The average Bonchev–Trinajstić information content (AvgIpc) is 2.87. The zero-order valence-electron chi connectivity index (χ0n) is 14.5. The van der Waals surface area contributed by atoms with Gasteiger partial charge in [0.05, 0.1) is 0 Å². The Morgan fingerprint density at radius 2 is 1.96 bits per heavy atom. The third-order valence-corrected chi connectivity index (χ3v) is 5.17. The van der Waals surface area contributed by atoms with Crippen LogP contribution in [0.15, 0.2) is 24.3 Å². The summed E-state index contributed by atoms with van der Waals surface area (Å²) >= 11 is 0. The van der Waals surface area contributed by atoms with E-state index in [0.29, 0.717) is 17.7 Å². The van der Waals surface area contributed by atoms with Crippen molar-refractivity contribution in [1.29, 1.82) is 0 Å². The Kier molecular flexibility index (Phi) is 4.51. The number of piperidine rings is 1. The van der Waals surface area contributed by atoms with Gasteiger partial charge in [0, 0.05) is 24.2 Å². The van der Waals surface area contributed by atoms with Crippen LogP contribution in [0.3, 0.4) is 0 Å². The van der Waals surface area contributed by atoms with Crippen LogP contribution in [0, 0.1) is 0 Å². The van der Waals surface area contributed by atoms with Crippen LogP contribution in [-0.4, -0.2) is 41.4 Å². The highest BCUT2D eigenvalue weighted by atomic mass is 16.2. The summed E-state index contributed by atoms with van der Waals surface area (Å²) < 4.78 is 0. The molecule has 4 N–H and O–H groups in total. The van der Waals surface area contributed by atoms with E-state index in [9.17, 15) is 14.4 Å². The van der Waals surface area contributed by atoms with Crippen LogP contribution in [0.25, 0.3) is 0 Å². The Hall–Kier alpha value is -2.41. The van der Waals surface area contributed by atoms with Crippen molar-refractivity contribution < 1.29 is 14.4 Å². The molecule has 25 heavy (non-hydrogen) atoms. The number of carbonyl (C=O) groups is 3. The molecule has 2 aliphatic heterocycles. The molecule has 7 nitrogen and oxygen atoms in total. The number of hydrogen-bond donors (Lipinski definition) is 3. The van der Waals surface area contributed by atoms with Gasteiger partial charge in [0.1, 0.15) is 5.54 Å². The molecule has 1 aromatic rings. The fraction of sp³-hybridized carbons (Fsp3) is 0.500. The molecule has 0 saturated carbocycles. The predicted octanol–water partition coefficient (Wildman–Crippen LogP) is 1.08. The lowest BCUT2D eigenvalue weighted by Crippen LogP contribution is -2.51. The number of nitrogens with zero attached hydrogens (tertiary/aromatic N) is 1. The molecule has 0 spiro atoms. The van der Waals surface area contributed by atoms with E-state index in [4.69, 9.17) is 5.73 Å². The van der Waals surface area contributed by atoms with Gasteiger partial charge in [-0.2, -0.15) is 0 Å². The van der Waals surface area contributed by atoms with Gasteiger partial charge in [-0.05, 0) is 50.8 Å². The molecule has 4 amide bonds. The molecule has 1 aromatic carbocycles. The Labute approximate surface area is 146 Å². The molecule has 3 atom stereocenters. The van der Waals surface area contributed by atoms with Crippen molar-refractivity contribution in [2.24, 2.45) is 5.73 Å². The summed E-state index contributed by atoms with van der Waals surface area (Å²) in [6.45, 7) is 4.28. The predicted molar refractivity (Wildman–Crippen MR) is 92.8 cm³/mol. The largest absolute Gasteiger partial charge is 0.334 e. The average molecular weight is 344 g/mol. The van der Waals surface area contributed by atoms with Crippen molar-refractivity contribution in [3.05, 3.63) is 35.4 Å². The number of carbonyl (C=O) groups excluding carboxylic acids is 3. The number of urea groups is 1. The zero-order valence-corrected chi connectivity index (χ0v) is 14.5. The topological polar surface area (TPSA) is 105 Å². The normalized spacial score (nSPS) is 27.6. The maximum atomic E-state index is 12.9. The van der Waals surface area contributed by atoms with Gasteiger partial charge in [0.15, 0.2) is 0 Å². The minimum absolute atomic E-state index is 0.0430. The lowest BCUT2D eigenvalue weighted by Gasteiger charge is -2.38. The number of likely N-dealkylation sites (tertiary alicyclic amines) is 1. The van der Waals surface area contributed by atoms with Crippen molar-refractivity contribution in [3.8, 4) is 0 Å². The summed E-state index contributed by atoms with van der Waals surface area (Å²) in [5, 5.41) is 4.85. The van der Waals surface area contributed by atoms with E-state index in [0.717, 1.165) is 19.3 Å². The van der Waals surface area contributed by atoms with Crippen molar-refractivity contribution in [1.82, 2.24) is 15.5 Å². The molecular weight excluding hydrogens is 320 g/mol. The smallest absolute Gasteiger partial charge is 0.322 e. The van der Waals surface area contributed by atoms with Gasteiger partial charge < -0.3 is 16.0 Å². The zero-order chi connectivity index (χ0) is 18.2. The summed E-state index contributed by atoms with van der Waals surface area (Å²) in [7, 11) is 0. The van der Waals surface area contributed by atoms with E-state index in [1.54, 1.807) is 31.2 Å². The number of imide groups is 1. The van der Waals surface area contributed by atoms with E-state index < -0.39 is 17.5 Å². The first kappa shape index (κ1) is 17.4. The van der Waals surface area contributed by atoms with Crippen LogP contribution in [-0.2, 0) is 10.3 Å². The minimum atomic E-state index is -1.11. The standard InChI is InChI=1S/C18H24N4O3/c1-11(19)14-5-3-4-10-22(14)15(23)12-6-8-13(9-7-12)18(2)16(24)20-17(25)21-18/h6-9,11,14H,3-5,10,19H2,1-2H3,(H2,20,21,24,25). The maximum Gasteiger partial charge on any atom is 0.322 e. The Balaban J connectivity index is 1.81. The first-order chi connectivity index (χ1) is 11.8. The molecule has 0 bridgehead atoms. The van der Waals surface area contributed by atoms with Gasteiger partial charge in [-0.15, -0.1) is 0 Å². The van der Waals surface area contributed by atoms with Crippen LogP contribution in [0.2, 0.25) is 0 Å². The van der Waals surface area contributed by atoms with E-state index >= 15 is 0 Å². The van der Waals surface area contributed by atoms with E-state index in [1.807, 2.05) is 11.8 Å². The first-order valence-corrected chi connectivity index (χ1v) is 8.63. The minimum Gasteiger partial charge on any atom is -0.334 e. The fourth-order valence-corrected chi connectivity index (χ4v) is 3.61. The summed E-state index contributed by atoms with van der Waals surface area (Å²) in [6.07, 6.45) is 2.99. The molecule has 2 fully saturated rings. The van der Waals surface area contributed by atoms with Crippen molar-refractivity contribution in [2.45, 2.75) is 50.7 Å². The van der Waals surface area contributed by atoms with Gasteiger partial charge in [0.2, 0.25) is 0 Å². The van der Waals surface area contributed by atoms with E-state index in [2.05, 4.69) is 10.6 Å². The monoisotopic (exact) mass is 344 g/mol. The molecule has 134 valence electrons.